The number of rotatable bonds is 2. The van der Waals surface area contributed by atoms with E-state index >= 15 is 0 Å². The molecule has 1 heterocycles. The van der Waals surface area contributed by atoms with E-state index in [9.17, 15) is 8.42 Å². The molecule has 1 unspecified atom stereocenters. The summed E-state index contributed by atoms with van der Waals surface area (Å²) < 4.78 is 27.3. The molecule has 0 radical (unpaired) electrons. The second-order valence-corrected chi connectivity index (χ2v) is 6.13. The molecular weight excluding hydrogens is 236 g/mol. The highest BCUT2D eigenvalue weighted by molar-refractivity contribution is 8.13. The third kappa shape index (κ3) is 2.51. The van der Waals surface area contributed by atoms with Crippen LogP contribution in [0.25, 0.3) is 0 Å². The lowest BCUT2D eigenvalue weighted by Gasteiger charge is -2.07. The Morgan fingerprint density at radius 1 is 1.27 bits per heavy atom. The smallest absolute Gasteiger partial charge is 0.261 e. The molecule has 1 atom stereocenters. The van der Waals surface area contributed by atoms with Gasteiger partial charge in [0, 0.05) is 23.2 Å². The zero-order valence-corrected chi connectivity index (χ0v) is 9.59. The number of benzene rings is 1. The minimum Gasteiger partial charge on any atom is -0.381 e. The Kier molecular flexibility index (Phi) is 3.00. The van der Waals surface area contributed by atoms with Crippen LogP contribution in [0.3, 0.4) is 0 Å². The van der Waals surface area contributed by atoms with Gasteiger partial charge in [0.15, 0.2) is 0 Å². The van der Waals surface area contributed by atoms with Gasteiger partial charge in [0.05, 0.1) is 11.5 Å². The van der Waals surface area contributed by atoms with Gasteiger partial charge < -0.3 is 4.74 Å². The summed E-state index contributed by atoms with van der Waals surface area (Å²) in [5, 5.41) is 0. The van der Waals surface area contributed by atoms with Crippen LogP contribution in [0, 0.1) is 0 Å². The van der Waals surface area contributed by atoms with Crippen LogP contribution >= 0.6 is 10.7 Å². The summed E-state index contributed by atoms with van der Waals surface area (Å²) in [4.78, 5) is 0.145. The van der Waals surface area contributed by atoms with Crippen molar-refractivity contribution >= 4 is 19.7 Å². The van der Waals surface area contributed by atoms with Crippen molar-refractivity contribution in [1.29, 1.82) is 0 Å². The molecule has 3 nitrogen and oxygen atoms in total. The summed E-state index contributed by atoms with van der Waals surface area (Å²) >= 11 is 0. The van der Waals surface area contributed by atoms with E-state index in [1.807, 2.05) is 0 Å². The van der Waals surface area contributed by atoms with E-state index in [0.29, 0.717) is 12.5 Å². The van der Waals surface area contributed by atoms with Crippen molar-refractivity contribution in [3.8, 4) is 0 Å². The van der Waals surface area contributed by atoms with Gasteiger partial charge in [0.1, 0.15) is 0 Å². The first-order chi connectivity index (χ1) is 7.07. The standard InChI is InChI=1S/C10H11ClO3S/c11-15(12,13)10-3-1-8(2-4-10)9-5-6-14-7-9/h1-4,9H,5-7H2. The summed E-state index contributed by atoms with van der Waals surface area (Å²) in [6.07, 6.45) is 0.993. The molecule has 0 aromatic heterocycles. The second kappa shape index (κ2) is 4.12. The average Bonchev–Trinajstić information content (AvgIpc) is 2.69. The van der Waals surface area contributed by atoms with E-state index in [0.717, 1.165) is 18.6 Å². The lowest BCUT2D eigenvalue weighted by Crippen LogP contribution is -1.98. The topological polar surface area (TPSA) is 43.4 Å². The van der Waals surface area contributed by atoms with Crippen LogP contribution in [0.5, 0.6) is 0 Å². The van der Waals surface area contributed by atoms with E-state index in [-0.39, 0.29) is 4.90 Å². The molecule has 0 aliphatic carbocycles. The summed E-state index contributed by atoms with van der Waals surface area (Å²) in [5.41, 5.74) is 1.11. The molecule has 1 fully saturated rings. The van der Waals surface area contributed by atoms with E-state index in [4.69, 9.17) is 15.4 Å². The average molecular weight is 247 g/mol. The van der Waals surface area contributed by atoms with E-state index in [2.05, 4.69) is 0 Å². The Bertz CT molecular complexity index is 432. The first-order valence-electron chi connectivity index (χ1n) is 4.70. The lowest BCUT2D eigenvalue weighted by atomic mass is 9.99. The van der Waals surface area contributed by atoms with Gasteiger partial charge in [0.2, 0.25) is 0 Å². The minimum absolute atomic E-state index is 0.145. The van der Waals surface area contributed by atoms with Gasteiger partial charge in [-0.25, -0.2) is 8.42 Å². The largest absolute Gasteiger partial charge is 0.381 e. The first-order valence-corrected chi connectivity index (χ1v) is 7.00. The van der Waals surface area contributed by atoms with Crippen molar-refractivity contribution < 1.29 is 13.2 Å². The van der Waals surface area contributed by atoms with E-state index < -0.39 is 9.05 Å². The van der Waals surface area contributed by atoms with Crippen molar-refractivity contribution in [1.82, 2.24) is 0 Å². The fraction of sp³-hybridized carbons (Fsp3) is 0.400. The van der Waals surface area contributed by atoms with E-state index in [1.165, 1.54) is 12.1 Å². The molecule has 1 aromatic rings. The molecule has 0 bridgehead atoms. The molecule has 0 spiro atoms. The second-order valence-electron chi connectivity index (χ2n) is 3.57. The van der Waals surface area contributed by atoms with Gasteiger partial charge in [-0.05, 0) is 24.1 Å². The van der Waals surface area contributed by atoms with Crippen molar-refractivity contribution in [2.45, 2.75) is 17.2 Å². The SMILES string of the molecule is O=S(=O)(Cl)c1ccc(C2CCOC2)cc1. The summed E-state index contributed by atoms with van der Waals surface area (Å²) in [6.45, 7) is 1.49. The number of ether oxygens (including phenoxy) is 1. The zero-order valence-electron chi connectivity index (χ0n) is 8.02. The Balaban J connectivity index is 2.24. The predicted molar refractivity (Wildman–Crippen MR) is 57.7 cm³/mol. The number of hydrogen-bond donors (Lipinski definition) is 0. The molecule has 0 saturated carbocycles. The maximum atomic E-state index is 11.0. The van der Waals surface area contributed by atoms with Crippen LogP contribution in [0.4, 0.5) is 0 Å². The molecule has 0 amide bonds. The van der Waals surface area contributed by atoms with Crippen LogP contribution in [-0.2, 0) is 13.8 Å². The Labute approximate surface area is 93.4 Å². The summed E-state index contributed by atoms with van der Waals surface area (Å²) in [5.74, 6) is 0.386. The fourth-order valence-corrected chi connectivity index (χ4v) is 2.47. The van der Waals surface area contributed by atoms with Gasteiger partial charge in [-0.2, -0.15) is 0 Å². The third-order valence-electron chi connectivity index (χ3n) is 2.56. The monoisotopic (exact) mass is 246 g/mol. The molecule has 0 N–H and O–H groups in total. The van der Waals surface area contributed by atoms with Crippen molar-refractivity contribution in [3.63, 3.8) is 0 Å². The first kappa shape index (κ1) is 10.9. The van der Waals surface area contributed by atoms with Crippen LogP contribution < -0.4 is 0 Å². The van der Waals surface area contributed by atoms with Gasteiger partial charge in [-0.3, -0.25) is 0 Å². The van der Waals surface area contributed by atoms with E-state index in [1.54, 1.807) is 12.1 Å². The number of halogens is 1. The molecular formula is C10H11ClO3S. The highest BCUT2D eigenvalue weighted by Crippen LogP contribution is 2.26. The molecule has 1 aromatic carbocycles. The summed E-state index contributed by atoms with van der Waals surface area (Å²) in [7, 11) is 1.62. The Morgan fingerprint density at radius 3 is 2.40 bits per heavy atom. The van der Waals surface area contributed by atoms with Gasteiger partial charge in [-0.1, -0.05) is 12.1 Å². The molecule has 1 aliphatic heterocycles. The zero-order chi connectivity index (χ0) is 10.9. The normalized spacial score (nSPS) is 21.8. The quantitative estimate of drug-likeness (QED) is 0.751. The van der Waals surface area contributed by atoms with Crippen molar-refractivity contribution in [2.75, 3.05) is 13.2 Å². The highest BCUT2D eigenvalue weighted by atomic mass is 35.7. The fourth-order valence-electron chi connectivity index (χ4n) is 1.70. The Hall–Kier alpha value is -0.580. The molecule has 15 heavy (non-hydrogen) atoms. The minimum atomic E-state index is -3.60. The van der Waals surface area contributed by atoms with Crippen LogP contribution in [0.2, 0.25) is 0 Å². The predicted octanol–water partition coefficient (Wildman–Crippen LogP) is 2.12. The van der Waals surface area contributed by atoms with Crippen LogP contribution in [-0.4, -0.2) is 21.6 Å². The molecule has 1 saturated heterocycles. The Morgan fingerprint density at radius 2 is 1.93 bits per heavy atom. The maximum absolute atomic E-state index is 11.0. The number of hydrogen-bond acceptors (Lipinski definition) is 3. The van der Waals surface area contributed by atoms with Crippen LogP contribution in [0.15, 0.2) is 29.2 Å². The summed E-state index contributed by atoms with van der Waals surface area (Å²) in [6, 6.07) is 6.68. The van der Waals surface area contributed by atoms with Gasteiger partial charge in [0.25, 0.3) is 9.05 Å². The van der Waals surface area contributed by atoms with Crippen LogP contribution in [0.1, 0.15) is 17.9 Å². The molecule has 2 rings (SSSR count). The van der Waals surface area contributed by atoms with Gasteiger partial charge >= 0.3 is 0 Å². The van der Waals surface area contributed by atoms with Crippen molar-refractivity contribution in [3.05, 3.63) is 29.8 Å². The third-order valence-corrected chi connectivity index (χ3v) is 3.93. The highest BCUT2D eigenvalue weighted by Gasteiger charge is 2.18. The lowest BCUT2D eigenvalue weighted by molar-refractivity contribution is 0.194. The van der Waals surface area contributed by atoms with Gasteiger partial charge in [-0.15, -0.1) is 0 Å². The molecule has 1 aliphatic rings. The van der Waals surface area contributed by atoms with Crippen molar-refractivity contribution in [2.24, 2.45) is 0 Å². The maximum Gasteiger partial charge on any atom is 0.261 e. The molecule has 82 valence electrons. The molecule has 5 heteroatoms.